The van der Waals surface area contributed by atoms with E-state index in [1.165, 1.54) is 0 Å². The van der Waals surface area contributed by atoms with Gasteiger partial charge in [-0.2, -0.15) is 0 Å². The molecule has 0 radical (unpaired) electrons. The summed E-state index contributed by atoms with van der Waals surface area (Å²) in [5.41, 5.74) is 2.68. The molecule has 2 aromatic rings. The van der Waals surface area contributed by atoms with Gasteiger partial charge in [-0.3, -0.25) is 9.69 Å². The van der Waals surface area contributed by atoms with E-state index in [4.69, 9.17) is 16.3 Å². The van der Waals surface area contributed by atoms with Crippen LogP contribution in [0.25, 0.3) is 0 Å². The van der Waals surface area contributed by atoms with Crippen molar-refractivity contribution in [1.82, 2.24) is 0 Å². The van der Waals surface area contributed by atoms with Crippen molar-refractivity contribution in [3.8, 4) is 0 Å². The van der Waals surface area contributed by atoms with Crippen molar-refractivity contribution >= 4 is 29.2 Å². The zero-order valence-electron chi connectivity index (χ0n) is 12.7. The lowest BCUT2D eigenvalue weighted by Gasteiger charge is -2.32. The number of carbonyl (C=O) groups is 2. The molecule has 0 aromatic heterocycles. The van der Waals surface area contributed by atoms with Crippen LogP contribution in [0.4, 0.5) is 5.69 Å². The first-order valence-electron chi connectivity index (χ1n) is 7.69. The van der Waals surface area contributed by atoms with E-state index in [9.17, 15) is 9.59 Å². The second-order valence-electron chi connectivity index (χ2n) is 5.78. The Hall–Kier alpha value is -2.59. The Bertz CT molecular complexity index is 860. The molecule has 1 atom stereocenters. The van der Waals surface area contributed by atoms with Crippen molar-refractivity contribution in [1.29, 1.82) is 0 Å². The van der Waals surface area contributed by atoms with Gasteiger partial charge in [0.25, 0.3) is 0 Å². The minimum Gasteiger partial charge on any atom is -0.456 e. The smallest absolute Gasteiger partial charge is 0.336 e. The van der Waals surface area contributed by atoms with Crippen molar-refractivity contribution in [3.63, 3.8) is 0 Å². The molecule has 5 heteroatoms. The average Bonchev–Trinajstić information content (AvgIpc) is 2.97. The first kappa shape index (κ1) is 15.0. The SMILES string of the molecule is O=C1OCC2=C1[C@@H](c1ccccc1Cl)CC(=O)N2c1ccccc1. The topological polar surface area (TPSA) is 46.6 Å². The molecular weight excluding hydrogens is 326 g/mol. The predicted octanol–water partition coefficient (Wildman–Crippen LogP) is 3.67. The standard InChI is InChI=1S/C19H14ClNO3/c20-15-9-5-4-8-13(15)14-10-17(22)21(12-6-2-1-3-7-12)16-11-24-19(23)18(14)16/h1-9,14H,10-11H2/t14-/m1/s1. The molecule has 1 amide bonds. The molecule has 2 aromatic carbocycles. The van der Waals surface area contributed by atoms with Gasteiger partial charge in [0.15, 0.2) is 0 Å². The van der Waals surface area contributed by atoms with Crippen molar-refractivity contribution in [2.75, 3.05) is 11.5 Å². The summed E-state index contributed by atoms with van der Waals surface area (Å²) in [7, 11) is 0. The normalized spacial score (nSPS) is 20.2. The van der Waals surface area contributed by atoms with E-state index in [1.54, 1.807) is 11.0 Å². The maximum Gasteiger partial charge on any atom is 0.336 e. The molecule has 0 bridgehead atoms. The highest BCUT2D eigenvalue weighted by Crippen LogP contribution is 2.43. The van der Waals surface area contributed by atoms with E-state index < -0.39 is 0 Å². The number of hydrogen-bond donors (Lipinski definition) is 0. The number of carbonyl (C=O) groups excluding carboxylic acids is 2. The minimum atomic E-state index is -0.372. The fourth-order valence-electron chi connectivity index (χ4n) is 3.35. The molecule has 0 spiro atoms. The van der Waals surface area contributed by atoms with E-state index in [-0.39, 0.29) is 30.8 Å². The van der Waals surface area contributed by atoms with Crippen molar-refractivity contribution in [3.05, 3.63) is 76.5 Å². The van der Waals surface area contributed by atoms with Crippen LogP contribution in [0.3, 0.4) is 0 Å². The Morgan fingerprint density at radius 1 is 1.00 bits per heavy atom. The molecule has 0 N–H and O–H groups in total. The van der Waals surface area contributed by atoms with Crippen LogP contribution < -0.4 is 4.90 Å². The monoisotopic (exact) mass is 339 g/mol. The van der Waals surface area contributed by atoms with E-state index in [0.29, 0.717) is 16.3 Å². The van der Waals surface area contributed by atoms with E-state index in [1.807, 2.05) is 48.5 Å². The summed E-state index contributed by atoms with van der Waals surface area (Å²) >= 11 is 6.30. The summed E-state index contributed by atoms with van der Waals surface area (Å²) in [6.07, 6.45) is 0.187. The Labute approximate surface area is 144 Å². The first-order valence-corrected chi connectivity index (χ1v) is 8.07. The maximum absolute atomic E-state index is 12.8. The van der Waals surface area contributed by atoms with Crippen molar-refractivity contribution < 1.29 is 14.3 Å². The minimum absolute atomic E-state index is 0.0665. The molecule has 4 nitrogen and oxygen atoms in total. The fraction of sp³-hybridized carbons (Fsp3) is 0.158. The molecule has 120 valence electrons. The average molecular weight is 340 g/mol. The number of nitrogens with zero attached hydrogens (tertiary/aromatic N) is 1. The lowest BCUT2D eigenvalue weighted by molar-refractivity contribution is -0.136. The van der Waals surface area contributed by atoms with Gasteiger partial charge in [0.2, 0.25) is 5.91 Å². The zero-order valence-corrected chi connectivity index (χ0v) is 13.5. The van der Waals surface area contributed by atoms with Crippen LogP contribution in [-0.2, 0) is 14.3 Å². The number of ether oxygens (including phenoxy) is 1. The molecule has 0 saturated carbocycles. The van der Waals surface area contributed by atoms with Crippen molar-refractivity contribution in [2.24, 2.45) is 0 Å². The number of para-hydroxylation sites is 1. The molecule has 0 unspecified atom stereocenters. The van der Waals surface area contributed by atoms with Gasteiger partial charge in [-0.25, -0.2) is 4.79 Å². The lowest BCUT2D eigenvalue weighted by atomic mass is 9.84. The van der Waals surface area contributed by atoms with Crippen LogP contribution in [0.15, 0.2) is 65.9 Å². The Kier molecular flexibility index (Phi) is 3.62. The van der Waals surface area contributed by atoms with Crippen LogP contribution in [-0.4, -0.2) is 18.5 Å². The van der Waals surface area contributed by atoms with Crippen LogP contribution in [0.2, 0.25) is 5.02 Å². The largest absolute Gasteiger partial charge is 0.456 e. The number of hydrogen-bond acceptors (Lipinski definition) is 3. The second kappa shape index (κ2) is 5.80. The quantitative estimate of drug-likeness (QED) is 0.784. The summed E-state index contributed by atoms with van der Waals surface area (Å²) < 4.78 is 5.24. The van der Waals surface area contributed by atoms with Gasteiger partial charge in [-0.1, -0.05) is 48.0 Å². The van der Waals surface area contributed by atoms with Crippen LogP contribution >= 0.6 is 11.6 Å². The van der Waals surface area contributed by atoms with Gasteiger partial charge in [0, 0.05) is 23.0 Å². The summed E-state index contributed by atoms with van der Waals surface area (Å²) in [5.74, 6) is -0.803. The highest BCUT2D eigenvalue weighted by atomic mass is 35.5. The Balaban J connectivity index is 1.86. The molecule has 2 aliphatic rings. The van der Waals surface area contributed by atoms with Crippen molar-refractivity contribution in [2.45, 2.75) is 12.3 Å². The number of benzene rings is 2. The van der Waals surface area contributed by atoms with Crippen LogP contribution in [0.1, 0.15) is 17.9 Å². The Morgan fingerprint density at radius 3 is 2.46 bits per heavy atom. The molecule has 2 heterocycles. The number of cyclic esters (lactones) is 1. The second-order valence-corrected chi connectivity index (χ2v) is 6.19. The maximum atomic E-state index is 12.8. The van der Waals surface area contributed by atoms with E-state index >= 15 is 0 Å². The summed E-state index contributed by atoms with van der Waals surface area (Å²) in [5, 5.41) is 0.551. The van der Waals surface area contributed by atoms with Crippen LogP contribution in [0.5, 0.6) is 0 Å². The van der Waals surface area contributed by atoms with Gasteiger partial charge < -0.3 is 4.74 Å². The first-order chi connectivity index (χ1) is 11.7. The van der Waals surface area contributed by atoms with Gasteiger partial charge >= 0.3 is 5.97 Å². The molecular formula is C19H14ClNO3. The summed E-state index contributed by atoms with van der Waals surface area (Å²) in [4.78, 5) is 26.7. The summed E-state index contributed by atoms with van der Waals surface area (Å²) in [6, 6.07) is 16.6. The third kappa shape index (κ3) is 2.31. The van der Waals surface area contributed by atoms with E-state index in [2.05, 4.69) is 0 Å². The predicted molar refractivity (Wildman–Crippen MR) is 90.7 cm³/mol. The molecule has 0 fully saturated rings. The molecule has 2 aliphatic heterocycles. The fourth-order valence-corrected chi connectivity index (χ4v) is 3.62. The number of rotatable bonds is 2. The van der Waals surface area contributed by atoms with Crippen LogP contribution in [0, 0.1) is 0 Å². The molecule has 0 saturated heterocycles. The highest BCUT2D eigenvalue weighted by molar-refractivity contribution is 6.31. The Morgan fingerprint density at radius 2 is 1.71 bits per heavy atom. The number of esters is 1. The van der Waals surface area contributed by atoms with Gasteiger partial charge in [-0.15, -0.1) is 0 Å². The number of amides is 1. The highest BCUT2D eigenvalue weighted by Gasteiger charge is 2.43. The summed E-state index contributed by atoms with van der Waals surface area (Å²) in [6.45, 7) is 0.107. The molecule has 0 aliphatic carbocycles. The number of anilines is 1. The lowest BCUT2D eigenvalue weighted by Crippen LogP contribution is -2.37. The number of halogens is 1. The molecule has 4 rings (SSSR count). The zero-order chi connectivity index (χ0) is 16.7. The van der Waals surface area contributed by atoms with Gasteiger partial charge in [-0.05, 0) is 23.8 Å². The third-order valence-electron chi connectivity index (χ3n) is 4.41. The van der Waals surface area contributed by atoms with Gasteiger partial charge in [0.1, 0.15) is 6.61 Å². The molecule has 24 heavy (non-hydrogen) atoms. The van der Waals surface area contributed by atoms with E-state index in [0.717, 1.165) is 11.3 Å². The third-order valence-corrected chi connectivity index (χ3v) is 4.76. The van der Waals surface area contributed by atoms with Gasteiger partial charge in [0.05, 0.1) is 11.3 Å².